The summed E-state index contributed by atoms with van der Waals surface area (Å²) in [5.74, 6) is 2.69. The van der Waals surface area contributed by atoms with E-state index in [4.69, 9.17) is 14.5 Å². The monoisotopic (exact) mass is 350 g/mol. The van der Waals surface area contributed by atoms with Crippen molar-refractivity contribution in [3.63, 3.8) is 0 Å². The smallest absolute Gasteiger partial charge is 0.231 e. The molecule has 2 aliphatic heterocycles. The van der Waals surface area contributed by atoms with Crippen LogP contribution in [-0.2, 0) is 6.54 Å². The Hall–Kier alpha value is -2.73. The molecule has 1 fully saturated rings. The Morgan fingerprint density at radius 2 is 1.85 bits per heavy atom. The third-order valence-corrected chi connectivity index (χ3v) is 5.14. The van der Waals surface area contributed by atoms with Gasteiger partial charge in [-0.15, -0.1) is 0 Å². The second-order valence-corrected chi connectivity index (χ2v) is 7.03. The Morgan fingerprint density at radius 1 is 1.00 bits per heavy atom. The number of aromatic nitrogens is 2. The summed E-state index contributed by atoms with van der Waals surface area (Å²) in [6.45, 7) is 7.36. The number of H-pyrrole nitrogens is 1. The molecule has 0 unspecified atom stereocenters. The van der Waals surface area contributed by atoms with Crippen LogP contribution in [-0.4, -0.2) is 47.8 Å². The average molecular weight is 350 g/mol. The summed E-state index contributed by atoms with van der Waals surface area (Å²) >= 11 is 0. The zero-order chi connectivity index (χ0) is 17.5. The highest BCUT2D eigenvalue weighted by Gasteiger charge is 2.21. The summed E-state index contributed by atoms with van der Waals surface area (Å²) in [6.07, 6.45) is 0. The van der Waals surface area contributed by atoms with Gasteiger partial charge in [0.05, 0.1) is 11.0 Å². The van der Waals surface area contributed by atoms with Crippen molar-refractivity contribution in [2.45, 2.75) is 13.5 Å². The van der Waals surface area contributed by atoms with Crippen molar-refractivity contribution in [3.8, 4) is 11.5 Å². The molecule has 6 heteroatoms. The standard InChI is InChI=1S/C20H22N4O2/c1-14-2-4-16-17(10-14)22-20(21-16)24-8-6-23(7-9-24)12-15-3-5-18-19(11-15)26-13-25-18/h2-5,10-11H,6-9,12-13H2,1H3,(H,21,22). The van der Waals surface area contributed by atoms with E-state index in [0.29, 0.717) is 6.79 Å². The number of benzene rings is 2. The van der Waals surface area contributed by atoms with Crippen LogP contribution in [0.25, 0.3) is 11.0 Å². The van der Waals surface area contributed by atoms with Crippen molar-refractivity contribution in [1.82, 2.24) is 14.9 Å². The molecular formula is C20H22N4O2. The molecule has 0 aliphatic carbocycles. The maximum absolute atomic E-state index is 5.48. The molecule has 3 aromatic rings. The summed E-state index contributed by atoms with van der Waals surface area (Å²) in [5, 5.41) is 0. The van der Waals surface area contributed by atoms with E-state index in [1.807, 2.05) is 6.07 Å². The zero-order valence-electron chi connectivity index (χ0n) is 14.9. The quantitative estimate of drug-likeness (QED) is 0.787. The Morgan fingerprint density at radius 3 is 2.73 bits per heavy atom. The highest BCUT2D eigenvalue weighted by Crippen LogP contribution is 2.33. The predicted molar refractivity (Wildman–Crippen MR) is 101 cm³/mol. The van der Waals surface area contributed by atoms with Gasteiger partial charge in [0.25, 0.3) is 0 Å². The fraction of sp³-hybridized carbons (Fsp3) is 0.350. The van der Waals surface area contributed by atoms with Gasteiger partial charge in [0, 0.05) is 32.7 Å². The normalized spacial score (nSPS) is 17.2. The van der Waals surface area contributed by atoms with Gasteiger partial charge in [-0.25, -0.2) is 4.98 Å². The van der Waals surface area contributed by atoms with Crippen LogP contribution >= 0.6 is 0 Å². The van der Waals surface area contributed by atoms with Crippen LogP contribution in [0, 0.1) is 6.92 Å². The second-order valence-electron chi connectivity index (χ2n) is 7.03. The van der Waals surface area contributed by atoms with E-state index in [1.54, 1.807) is 0 Å². The number of hydrogen-bond donors (Lipinski definition) is 1. The van der Waals surface area contributed by atoms with E-state index in [2.05, 4.69) is 52.0 Å². The molecule has 0 spiro atoms. The molecule has 1 aromatic heterocycles. The number of fused-ring (bicyclic) bond motifs is 2. The van der Waals surface area contributed by atoms with Gasteiger partial charge in [-0.1, -0.05) is 12.1 Å². The molecule has 26 heavy (non-hydrogen) atoms. The van der Waals surface area contributed by atoms with Gasteiger partial charge in [0.15, 0.2) is 11.5 Å². The number of imidazole rings is 1. The van der Waals surface area contributed by atoms with Gasteiger partial charge in [-0.2, -0.15) is 0 Å². The number of aryl methyl sites for hydroxylation is 1. The lowest BCUT2D eigenvalue weighted by molar-refractivity contribution is 0.174. The van der Waals surface area contributed by atoms with Crippen LogP contribution in [0.15, 0.2) is 36.4 Å². The number of aromatic amines is 1. The Balaban J connectivity index is 1.24. The van der Waals surface area contributed by atoms with E-state index < -0.39 is 0 Å². The van der Waals surface area contributed by atoms with Gasteiger partial charge in [-0.05, 0) is 42.3 Å². The van der Waals surface area contributed by atoms with Crippen LogP contribution < -0.4 is 14.4 Å². The summed E-state index contributed by atoms with van der Waals surface area (Å²) in [6, 6.07) is 12.6. The fourth-order valence-corrected chi connectivity index (χ4v) is 3.68. The first-order valence-electron chi connectivity index (χ1n) is 9.07. The third kappa shape index (κ3) is 2.86. The van der Waals surface area contributed by atoms with Gasteiger partial charge in [0.1, 0.15) is 0 Å². The lowest BCUT2D eigenvalue weighted by Gasteiger charge is -2.34. The Labute approximate surface area is 152 Å². The van der Waals surface area contributed by atoms with E-state index in [1.165, 1.54) is 11.1 Å². The minimum absolute atomic E-state index is 0.328. The molecular weight excluding hydrogens is 328 g/mol. The number of piperazine rings is 1. The van der Waals surface area contributed by atoms with Crippen LogP contribution in [0.4, 0.5) is 5.95 Å². The summed E-state index contributed by atoms with van der Waals surface area (Å²) in [5.41, 5.74) is 4.67. The highest BCUT2D eigenvalue weighted by atomic mass is 16.7. The van der Waals surface area contributed by atoms with Crippen molar-refractivity contribution in [2.75, 3.05) is 37.9 Å². The van der Waals surface area contributed by atoms with Crippen LogP contribution in [0.1, 0.15) is 11.1 Å². The van der Waals surface area contributed by atoms with E-state index in [-0.39, 0.29) is 0 Å². The number of hydrogen-bond acceptors (Lipinski definition) is 5. The summed E-state index contributed by atoms with van der Waals surface area (Å²) < 4.78 is 10.9. The maximum Gasteiger partial charge on any atom is 0.231 e. The molecule has 2 aliphatic rings. The molecule has 0 atom stereocenters. The molecule has 134 valence electrons. The molecule has 5 rings (SSSR count). The fourth-order valence-electron chi connectivity index (χ4n) is 3.68. The largest absolute Gasteiger partial charge is 0.454 e. The van der Waals surface area contributed by atoms with Gasteiger partial charge >= 0.3 is 0 Å². The van der Waals surface area contributed by atoms with Crippen molar-refractivity contribution < 1.29 is 9.47 Å². The molecule has 0 bridgehead atoms. The zero-order valence-corrected chi connectivity index (χ0v) is 14.9. The second kappa shape index (κ2) is 6.21. The first kappa shape index (κ1) is 15.5. The van der Waals surface area contributed by atoms with Crippen LogP contribution in [0.5, 0.6) is 11.5 Å². The van der Waals surface area contributed by atoms with E-state index >= 15 is 0 Å². The SMILES string of the molecule is Cc1ccc2nc(N3CCN(Cc4ccc5c(c4)OCO5)CC3)[nH]c2c1. The molecule has 6 nitrogen and oxygen atoms in total. The van der Waals surface area contributed by atoms with Gasteiger partial charge in [0.2, 0.25) is 12.7 Å². The van der Waals surface area contributed by atoms with Crippen LogP contribution in [0.2, 0.25) is 0 Å². The number of nitrogens with zero attached hydrogens (tertiary/aromatic N) is 3. The van der Waals surface area contributed by atoms with Crippen molar-refractivity contribution in [2.24, 2.45) is 0 Å². The Bertz CT molecular complexity index is 944. The molecule has 0 amide bonds. The number of rotatable bonds is 3. The summed E-state index contributed by atoms with van der Waals surface area (Å²) in [7, 11) is 0. The third-order valence-electron chi connectivity index (χ3n) is 5.14. The van der Waals surface area contributed by atoms with Crippen molar-refractivity contribution in [3.05, 3.63) is 47.5 Å². The molecule has 1 saturated heterocycles. The van der Waals surface area contributed by atoms with E-state index in [0.717, 1.165) is 61.2 Å². The molecule has 2 aromatic carbocycles. The molecule has 0 saturated carbocycles. The topological polar surface area (TPSA) is 53.6 Å². The minimum atomic E-state index is 0.328. The first-order chi connectivity index (χ1) is 12.7. The lowest BCUT2D eigenvalue weighted by Crippen LogP contribution is -2.46. The molecule has 1 N–H and O–H groups in total. The van der Waals surface area contributed by atoms with Crippen molar-refractivity contribution >= 4 is 17.0 Å². The maximum atomic E-state index is 5.48. The average Bonchev–Trinajstić information content (AvgIpc) is 3.28. The van der Waals surface area contributed by atoms with Gasteiger partial charge in [-0.3, -0.25) is 4.90 Å². The van der Waals surface area contributed by atoms with Crippen LogP contribution in [0.3, 0.4) is 0 Å². The molecule has 0 radical (unpaired) electrons. The lowest BCUT2D eigenvalue weighted by atomic mass is 10.1. The Kier molecular flexibility index (Phi) is 3.71. The summed E-state index contributed by atoms with van der Waals surface area (Å²) in [4.78, 5) is 13.0. The highest BCUT2D eigenvalue weighted by molar-refractivity contribution is 5.78. The van der Waals surface area contributed by atoms with E-state index in [9.17, 15) is 0 Å². The molecule has 3 heterocycles. The minimum Gasteiger partial charge on any atom is -0.454 e. The first-order valence-corrected chi connectivity index (χ1v) is 9.07. The number of nitrogens with one attached hydrogen (secondary N) is 1. The van der Waals surface area contributed by atoms with Gasteiger partial charge < -0.3 is 19.4 Å². The van der Waals surface area contributed by atoms with Crippen molar-refractivity contribution in [1.29, 1.82) is 0 Å². The number of anilines is 1. The predicted octanol–water partition coefficient (Wildman–Crippen LogP) is 2.92. The number of ether oxygens (including phenoxy) is 2.